The van der Waals surface area contributed by atoms with Crippen LogP contribution in [0.2, 0.25) is 0 Å². The van der Waals surface area contributed by atoms with E-state index in [1.165, 1.54) is 22.3 Å². The first-order valence-corrected chi connectivity index (χ1v) is 13.8. The third kappa shape index (κ3) is 3.91. The van der Waals surface area contributed by atoms with Crippen LogP contribution in [0, 0.1) is 5.92 Å². The zero-order valence-corrected chi connectivity index (χ0v) is 21.4. The third-order valence-corrected chi connectivity index (χ3v) is 8.93. The van der Waals surface area contributed by atoms with Gasteiger partial charge in [-0.2, -0.15) is 0 Å². The molecule has 2 saturated heterocycles. The van der Waals surface area contributed by atoms with E-state index in [4.69, 9.17) is 4.74 Å². The molecule has 1 aliphatic carbocycles. The highest BCUT2D eigenvalue weighted by Crippen LogP contribution is 2.45. The molecular weight excluding hydrogens is 470 g/mol. The first kappa shape index (κ1) is 23.2. The molecule has 2 atom stereocenters. The summed E-state index contributed by atoms with van der Waals surface area (Å²) >= 11 is 0. The van der Waals surface area contributed by atoms with Gasteiger partial charge in [-0.05, 0) is 71.2 Å². The molecular formula is C34H31NO3. The number of rotatable bonds is 4. The quantitative estimate of drug-likeness (QED) is 0.271. The summed E-state index contributed by atoms with van der Waals surface area (Å²) in [7, 11) is 0. The Balaban J connectivity index is 1.07. The normalized spacial score (nSPS) is 22.1. The number of Topliss-reactive ketones (excluding diaryl/α,β-unsaturated/α-hetero) is 1. The monoisotopic (exact) mass is 501 g/mol. The van der Waals surface area contributed by atoms with Gasteiger partial charge in [0.2, 0.25) is 0 Å². The predicted octanol–water partition coefficient (Wildman–Crippen LogP) is 7.60. The van der Waals surface area contributed by atoms with Crippen LogP contribution in [0.25, 0.3) is 21.9 Å². The van der Waals surface area contributed by atoms with Crippen molar-refractivity contribution >= 4 is 22.6 Å². The molecule has 2 aliphatic heterocycles. The topological polar surface area (TPSA) is 46.6 Å². The highest BCUT2D eigenvalue weighted by Gasteiger charge is 2.44. The van der Waals surface area contributed by atoms with E-state index >= 15 is 0 Å². The smallest absolute Gasteiger partial charge is 0.410 e. The van der Waals surface area contributed by atoms with Crippen molar-refractivity contribution in [1.29, 1.82) is 0 Å². The Morgan fingerprint density at radius 3 is 2.03 bits per heavy atom. The number of benzene rings is 4. The minimum Gasteiger partial charge on any atom is -0.448 e. The summed E-state index contributed by atoms with van der Waals surface area (Å²) in [4.78, 5) is 29.0. The molecule has 1 amide bonds. The number of amides is 1. The van der Waals surface area contributed by atoms with Gasteiger partial charge < -0.3 is 9.64 Å². The zero-order valence-electron chi connectivity index (χ0n) is 21.4. The van der Waals surface area contributed by atoms with Gasteiger partial charge in [-0.15, -0.1) is 0 Å². The number of ketones is 1. The second-order valence-corrected chi connectivity index (χ2v) is 11.0. The summed E-state index contributed by atoms with van der Waals surface area (Å²) in [6.07, 6.45) is 4.17. The van der Waals surface area contributed by atoms with E-state index in [1.807, 2.05) is 35.2 Å². The van der Waals surface area contributed by atoms with Crippen molar-refractivity contribution in [3.05, 3.63) is 108 Å². The maximum Gasteiger partial charge on any atom is 0.410 e. The predicted molar refractivity (Wildman–Crippen MR) is 149 cm³/mol. The van der Waals surface area contributed by atoms with Crippen LogP contribution in [-0.2, 0) is 4.74 Å². The molecule has 4 nitrogen and oxygen atoms in total. The lowest BCUT2D eigenvalue weighted by atomic mass is 9.75. The molecule has 2 bridgehead atoms. The van der Waals surface area contributed by atoms with Crippen LogP contribution in [0.5, 0.6) is 0 Å². The largest absolute Gasteiger partial charge is 0.448 e. The average molecular weight is 502 g/mol. The molecule has 0 radical (unpaired) electrons. The molecule has 38 heavy (non-hydrogen) atoms. The van der Waals surface area contributed by atoms with E-state index < -0.39 is 0 Å². The van der Waals surface area contributed by atoms with Crippen molar-refractivity contribution in [1.82, 2.24) is 4.90 Å². The Bertz CT molecular complexity index is 1480. The van der Waals surface area contributed by atoms with Crippen LogP contribution in [0.4, 0.5) is 4.79 Å². The highest BCUT2D eigenvalue weighted by molar-refractivity contribution is 6.01. The Hall–Kier alpha value is -3.92. The van der Waals surface area contributed by atoms with E-state index in [0.717, 1.165) is 35.6 Å². The Labute approximate surface area is 223 Å². The Kier molecular flexibility index (Phi) is 5.76. The molecule has 2 unspecified atom stereocenters. The summed E-state index contributed by atoms with van der Waals surface area (Å²) in [5, 5.41) is 2.24. The standard InChI is InChI=1S/C34H31NO3/c36-33(24-17-16-22-8-1-2-9-23(22)18-24)25-19-26-10-7-11-27(20-25)35(26)34(37)38-21-32-30-14-5-3-12-28(30)29-13-4-6-15-31(29)32/h1-6,8-9,12-18,25-27,32H,7,10-11,19-21H2. The number of piperidine rings is 2. The van der Waals surface area contributed by atoms with Gasteiger partial charge in [0.25, 0.3) is 0 Å². The minimum absolute atomic E-state index is 0.0518. The van der Waals surface area contributed by atoms with Gasteiger partial charge in [0.1, 0.15) is 6.61 Å². The number of ether oxygens (including phenoxy) is 1. The van der Waals surface area contributed by atoms with E-state index in [1.54, 1.807) is 0 Å². The van der Waals surface area contributed by atoms with Crippen molar-refractivity contribution < 1.29 is 14.3 Å². The second-order valence-electron chi connectivity index (χ2n) is 11.0. The highest BCUT2D eigenvalue weighted by atomic mass is 16.6. The number of carbonyl (C=O) groups excluding carboxylic acids is 2. The maximum atomic E-state index is 13.5. The molecule has 4 heteroatoms. The molecule has 2 heterocycles. The van der Waals surface area contributed by atoms with E-state index in [2.05, 4.69) is 60.7 Å². The molecule has 190 valence electrons. The van der Waals surface area contributed by atoms with Crippen LogP contribution in [0.1, 0.15) is 59.5 Å². The summed E-state index contributed by atoms with van der Waals surface area (Å²) in [6, 6.07) is 31.1. The number of carbonyl (C=O) groups is 2. The lowest BCUT2D eigenvalue weighted by Crippen LogP contribution is -2.55. The van der Waals surface area contributed by atoms with Gasteiger partial charge in [-0.25, -0.2) is 4.79 Å². The van der Waals surface area contributed by atoms with Gasteiger partial charge in [-0.3, -0.25) is 4.79 Å². The van der Waals surface area contributed by atoms with Crippen LogP contribution in [-0.4, -0.2) is 35.5 Å². The third-order valence-electron chi connectivity index (χ3n) is 8.93. The van der Waals surface area contributed by atoms with Crippen molar-refractivity contribution in [2.75, 3.05) is 6.61 Å². The first-order chi connectivity index (χ1) is 18.7. The van der Waals surface area contributed by atoms with Gasteiger partial charge >= 0.3 is 6.09 Å². The fourth-order valence-corrected chi connectivity index (χ4v) is 7.14. The molecule has 4 aromatic rings. The van der Waals surface area contributed by atoms with Crippen molar-refractivity contribution in [3.8, 4) is 11.1 Å². The number of fused-ring (bicyclic) bond motifs is 6. The molecule has 2 fully saturated rings. The van der Waals surface area contributed by atoms with Crippen molar-refractivity contribution in [2.24, 2.45) is 5.92 Å². The molecule has 0 N–H and O–H groups in total. The van der Waals surface area contributed by atoms with Gasteiger partial charge in [-0.1, -0.05) is 84.9 Å². The molecule has 0 saturated carbocycles. The second kappa shape index (κ2) is 9.43. The molecule has 0 aromatic heterocycles. The number of hydrogen-bond acceptors (Lipinski definition) is 3. The van der Waals surface area contributed by atoms with Crippen LogP contribution in [0.15, 0.2) is 91.0 Å². The molecule has 0 spiro atoms. The first-order valence-electron chi connectivity index (χ1n) is 13.8. The van der Waals surface area contributed by atoms with Gasteiger partial charge in [0.15, 0.2) is 5.78 Å². The van der Waals surface area contributed by atoms with Crippen LogP contribution >= 0.6 is 0 Å². The fourth-order valence-electron chi connectivity index (χ4n) is 7.14. The van der Waals surface area contributed by atoms with Crippen molar-refractivity contribution in [3.63, 3.8) is 0 Å². The van der Waals surface area contributed by atoms with E-state index in [9.17, 15) is 9.59 Å². The maximum absolute atomic E-state index is 13.5. The van der Waals surface area contributed by atoms with Crippen LogP contribution < -0.4 is 0 Å². The lowest BCUT2D eigenvalue weighted by molar-refractivity contribution is 0.00651. The molecule has 4 aromatic carbocycles. The minimum atomic E-state index is -0.224. The summed E-state index contributed by atoms with van der Waals surface area (Å²) in [5.41, 5.74) is 5.69. The average Bonchev–Trinajstić information content (AvgIpc) is 3.28. The van der Waals surface area contributed by atoms with Gasteiger partial charge in [0.05, 0.1) is 0 Å². The molecule has 7 rings (SSSR count). The summed E-state index contributed by atoms with van der Waals surface area (Å²) in [6.45, 7) is 0.336. The number of nitrogens with zero attached hydrogens (tertiary/aromatic N) is 1. The van der Waals surface area contributed by atoms with Crippen LogP contribution in [0.3, 0.4) is 0 Å². The summed E-state index contributed by atoms with van der Waals surface area (Å²) < 4.78 is 6.05. The Morgan fingerprint density at radius 2 is 1.34 bits per heavy atom. The van der Waals surface area contributed by atoms with E-state index in [-0.39, 0.29) is 35.8 Å². The molecule has 3 aliphatic rings. The van der Waals surface area contributed by atoms with Gasteiger partial charge in [0, 0.05) is 29.5 Å². The lowest BCUT2D eigenvalue weighted by Gasteiger charge is -2.47. The zero-order chi connectivity index (χ0) is 25.6. The Morgan fingerprint density at radius 1 is 0.737 bits per heavy atom. The number of hydrogen-bond donors (Lipinski definition) is 0. The SMILES string of the molecule is O=C(c1ccc2ccccc2c1)C1CC2CCCC(C1)N2C(=O)OCC1c2ccccc2-c2ccccc21. The van der Waals surface area contributed by atoms with Crippen molar-refractivity contribution in [2.45, 2.75) is 50.1 Å². The fraction of sp³-hybridized carbons (Fsp3) is 0.294. The van der Waals surface area contributed by atoms with E-state index in [0.29, 0.717) is 19.4 Å². The summed E-state index contributed by atoms with van der Waals surface area (Å²) in [5.74, 6) is 0.210.